The third-order valence-corrected chi connectivity index (χ3v) is 5.03. The Hall–Kier alpha value is -1.98. The Balaban J connectivity index is 1.39. The summed E-state index contributed by atoms with van der Waals surface area (Å²) in [7, 11) is 0. The molecule has 24 heavy (non-hydrogen) atoms. The summed E-state index contributed by atoms with van der Waals surface area (Å²) in [5.74, 6) is 0.165. The van der Waals surface area contributed by atoms with Crippen molar-refractivity contribution < 1.29 is 14.3 Å². The third-order valence-electron chi connectivity index (χ3n) is 5.03. The molecule has 5 nitrogen and oxygen atoms in total. The number of amides is 1. The molecule has 2 aliphatic rings. The maximum absolute atomic E-state index is 12.6. The highest BCUT2D eigenvalue weighted by molar-refractivity contribution is 5.82. The number of para-hydroxylation sites is 1. The van der Waals surface area contributed by atoms with E-state index < -0.39 is 0 Å². The van der Waals surface area contributed by atoms with Crippen molar-refractivity contribution in [2.24, 2.45) is 0 Å². The number of carbonyl (C=O) groups excluding carboxylic acids is 1. The molecule has 1 aromatic carbocycles. The van der Waals surface area contributed by atoms with E-state index in [0.717, 1.165) is 42.4 Å². The zero-order chi connectivity index (χ0) is 16.4. The molecule has 3 heterocycles. The molecule has 2 fully saturated rings. The van der Waals surface area contributed by atoms with Crippen LogP contribution in [0.3, 0.4) is 0 Å². The first-order valence-electron chi connectivity index (χ1n) is 8.57. The minimum Gasteiger partial charge on any atom is -0.376 e. The number of carbonyl (C=O) groups is 1. The van der Waals surface area contributed by atoms with Crippen LogP contribution in [0.2, 0.25) is 0 Å². The molecule has 0 saturated carbocycles. The molecule has 2 aliphatic heterocycles. The highest BCUT2D eigenvalue weighted by Gasteiger charge is 2.38. The number of ether oxygens (including phenoxy) is 2. The zero-order valence-corrected chi connectivity index (χ0v) is 13.7. The van der Waals surface area contributed by atoms with Gasteiger partial charge in [-0.3, -0.25) is 9.78 Å². The minimum atomic E-state index is -0.167. The van der Waals surface area contributed by atoms with Gasteiger partial charge >= 0.3 is 0 Å². The van der Waals surface area contributed by atoms with Crippen LogP contribution in [0.1, 0.15) is 18.4 Å². The first kappa shape index (κ1) is 15.5. The quantitative estimate of drug-likeness (QED) is 0.849. The van der Waals surface area contributed by atoms with Crippen molar-refractivity contribution in [3.05, 3.63) is 42.1 Å². The molecular formula is C19H22N2O3. The number of likely N-dealkylation sites (tertiary alicyclic amines) is 1. The van der Waals surface area contributed by atoms with Gasteiger partial charge in [0.05, 0.1) is 37.4 Å². The Kier molecular flexibility index (Phi) is 4.21. The second kappa shape index (κ2) is 6.49. The Morgan fingerprint density at radius 2 is 2.04 bits per heavy atom. The SMILES string of the molecule is O=C(Cc1cnc2ccccc2c1)N1CCC2(CC1)COCCO2. The second-order valence-electron chi connectivity index (χ2n) is 6.68. The predicted octanol–water partition coefficient (Wildman–Crippen LogP) is 2.19. The van der Waals surface area contributed by atoms with Gasteiger partial charge in [-0.2, -0.15) is 0 Å². The second-order valence-corrected chi connectivity index (χ2v) is 6.68. The molecule has 2 aromatic rings. The molecule has 2 saturated heterocycles. The van der Waals surface area contributed by atoms with Crippen LogP contribution < -0.4 is 0 Å². The van der Waals surface area contributed by atoms with Crippen molar-refractivity contribution in [3.63, 3.8) is 0 Å². The smallest absolute Gasteiger partial charge is 0.227 e. The maximum atomic E-state index is 12.6. The monoisotopic (exact) mass is 326 g/mol. The van der Waals surface area contributed by atoms with E-state index in [4.69, 9.17) is 9.47 Å². The van der Waals surface area contributed by atoms with Gasteiger partial charge in [0.2, 0.25) is 5.91 Å². The van der Waals surface area contributed by atoms with Gasteiger partial charge in [-0.1, -0.05) is 18.2 Å². The van der Waals surface area contributed by atoms with E-state index in [9.17, 15) is 4.79 Å². The van der Waals surface area contributed by atoms with Crippen LogP contribution in [-0.2, 0) is 20.7 Å². The van der Waals surface area contributed by atoms with Crippen LogP contribution in [0.5, 0.6) is 0 Å². The van der Waals surface area contributed by atoms with Gasteiger partial charge in [0, 0.05) is 24.7 Å². The molecule has 1 amide bonds. The fraction of sp³-hybridized carbons (Fsp3) is 0.474. The summed E-state index contributed by atoms with van der Waals surface area (Å²) in [6.07, 6.45) is 3.93. The normalized spacial score (nSPS) is 20.4. The van der Waals surface area contributed by atoms with Crippen molar-refractivity contribution in [2.75, 3.05) is 32.9 Å². The van der Waals surface area contributed by atoms with Gasteiger partial charge in [-0.15, -0.1) is 0 Å². The lowest BCUT2D eigenvalue weighted by Crippen LogP contribution is -2.53. The standard InChI is InChI=1S/C19H22N2O3/c22-18(12-15-11-16-3-1-2-4-17(16)20-13-15)21-7-5-19(6-8-21)14-23-9-10-24-19/h1-4,11,13H,5-10,12,14H2. The Morgan fingerprint density at radius 1 is 1.21 bits per heavy atom. The number of rotatable bonds is 2. The summed E-state index contributed by atoms with van der Waals surface area (Å²) in [4.78, 5) is 19.0. The van der Waals surface area contributed by atoms with Crippen molar-refractivity contribution in [2.45, 2.75) is 24.9 Å². The fourth-order valence-electron chi connectivity index (χ4n) is 3.57. The van der Waals surface area contributed by atoms with Gasteiger partial charge in [-0.25, -0.2) is 0 Å². The fourth-order valence-corrected chi connectivity index (χ4v) is 3.57. The van der Waals surface area contributed by atoms with E-state index in [2.05, 4.69) is 11.1 Å². The van der Waals surface area contributed by atoms with Crippen LogP contribution in [-0.4, -0.2) is 54.3 Å². The highest BCUT2D eigenvalue weighted by Crippen LogP contribution is 2.29. The van der Waals surface area contributed by atoms with E-state index in [0.29, 0.717) is 26.2 Å². The van der Waals surface area contributed by atoms with Crippen LogP contribution in [0, 0.1) is 0 Å². The molecule has 0 atom stereocenters. The average molecular weight is 326 g/mol. The van der Waals surface area contributed by atoms with Crippen molar-refractivity contribution in [1.29, 1.82) is 0 Å². The molecule has 0 radical (unpaired) electrons. The van der Waals surface area contributed by atoms with Crippen LogP contribution in [0.4, 0.5) is 0 Å². The van der Waals surface area contributed by atoms with Gasteiger partial charge in [0.15, 0.2) is 0 Å². The van der Waals surface area contributed by atoms with E-state index in [1.807, 2.05) is 35.4 Å². The van der Waals surface area contributed by atoms with E-state index >= 15 is 0 Å². The lowest BCUT2D eigenvalue weighted by molar-refractivity contribution is -0.179. The number of hydrogen-bond donors (Lipinski definition) is 0. The highest BCUT2D eigenvalue weighted by atomic mass is 16.6. The molecule has 4 rings (SSSR count). The molecular weight excluding hydrogens is 304 g/mol. The van der Waals surface area contributed by atoms with Gasteiger partial charge < -0.3 is 14.4 Å². The number of pyridine rings is 1. The molecule has 0 bridgehead atoms. The van der Waals surface area contributed by atoms with Crippen molar-refractivity contribution in [3.8, 4) is 0 Å². The Bertz CT molecular complexity index is 730. The van der Waals surface area contributed by atoms with Gasteiger partial charge in [0.25, 0.3) is 0 Å². The summed E-state index contributed by atoms with van der Waals surface area (Å²) in [5, 5.41) is 1.08. The van der Waals surface area contributed by atoms with E-state index in [1.54, 1.807) is 0 Å². The molecule has 0 unspecified atom stereocenters. The summed E-state index contributed by atoms with van der Waals surface area (Å²) in [5.41, 5.74) is 1.76. The Morgan fingerprint density at radius 3 is 2.83 bits per heavy atom. The summed E-state index contributed by atoms with van der Waals surface area (Å²) in [6.45, 7) is 3.48. The molecule has 1 spiro atoms. The number of benzene rings is 1. The zero-order valence-electron chi connectivity index (χ0n) is 13.7. The summed E-state index contributed by atoms with van der Waals surface area (Å²) < 4.78 is 11.5. The minimum absolute atomic E-state index is 0.165. The van der Waals surface area contributed by atoms with Crippen molar-refractivity contribution in [1.82, 2.24) is 9.88 Å². The van der Waals surface area contributed by atoms with Crippen LogP contribution in [0.15, 0.2) is 36.5 Å². The van der Waals surface area contributed by atoms with Crippen LogP contribution >= 0.6 is 0 Å². The first-order chi connectivity index (χ1) is 11.7. The summed E-state index contributed by atoms with van der Waals surface area (Å²) in [6, 6.07) is 10.0. The number of hydrogen-bond acceptors (Lipinski definition) is 4. The van der Waals surface area contributed by atoms with Crippen LogP contribution in [0.25, 0.3) is 10.9 Å². The van der Waals surface area contributed by atoms with Gasteiger partial charge in [-0.05, 0) is 30.5 Å². The topological polar surface area (TPSA) is 51.7 Å². The number of piperidine rings is 1. The predicted molar refractivity (Wildman–Crippen MR) is 90.8 cm³/mol. The summed E-state index contributed by atoms with van der Waals surface area (Å²) >= 11 is 0. The number of aromatic nitrogens is 1. The number of nitrogens with zero attached hydrogens (tertiary/aromatic N) is 2. The molecule has 5 heteroatoms. The van der Waals surface area contributed by atoms with Gasteiger partial charge in [0.1, 0.15) is 0 Å². The first-order valence-corrected chi connectivity index (χ1v) is 8.57. The molecule has 0 N–H and O–H groups in total. The Labute approximate surface area is 141 Å². The van der Waals surface area contributed by atoms with E-state index in [-0.39, 0.29) is 11.5 Å². The third kappa shape index (κ3) is 3.14. The number of fused-ring (bicyclic) bond motifs is 1. The average Bonchev–Trinajstić information content (AvgIpc) is 2.63. The van der Waals surface area contributed by atoms with Crippen molar-refractivity contribution >= 4 is 16.8 Å². The lowest BCUT2D eigenvalue weighted by atomic mass is 9.91. The van der Waals surface area contributed by atoms with E-state index in [1.165, 1.54) is 0 Å². The maximum Gasteiger partial charge on any atom is 0.227 e. The molecule has 126 valence electrons. The largest absolute Gasteiger partial charge is 0.376 e. The lowest BCUT2D eigenvalue weighted by Gasteiger charge is -2.43. The molecule has 0 aliphatic carbocycles. The molecule has 1 aromatic heterocycles.